The van der Waals surface area contributed by atoms with E-state index in [-0.39, 0.29) is 5.52 Å². The normalized spacial score (nSPS) is 11.4. The monoisotopic (exact) mass is 313 g/mol. The highest BCUT2D eigenvalue weighted by atomic mass is 19.4. The van der Waals surface area contributed by atoms with Crippen LogP contribution in [-0.2, 0) is 6.18 Å². The smallest absolute Gasteiger partial charge is 0.252 e. The lowest BCUT2D eigenvalue weighted by molar-refractivity contribution is -0.141. The highest BCUT2D eigenvalue weighted by Crippen LogP contribution is 2.32. The molecule has 23 heavy (non-hydrogen) atoms. The molecule has 1 aromatic heterocycles. The summed E-state index contributed by atoms with van der Waals surface area (Å²) >= 11 is 0. The number of aromatic nitrogens is 2. The lowest BCUT2D eigenvalue weighted by Crippen LogP contribution is -2.09. The highest BCUT2D eigenvalue weighted by molar-refractivity contribution is 5.92. The van der Waals surface area contributed by atoms with E-state index in [2.05, 4.69) is 9.97 Å². The van der Waals surface area contributed by atoms with E-state index in [0.717, 1.165) is 11.8 Å². The zero-order valence-electron chi connectivity index (χ0n) is 12.0. The number of benzene rings is 2. The van der Waals surface area contributed by atoms with Crippen molar-refractivity contribution in [2.24, 2.45) is 0 Å². The number of nitriles is 1. The van der Waals surface area contributed by atoms with Crippen LogP contribution < -0.4 is 0 Å². The Morgan fingerprint density at radius 1 is 1.13 bits per heavy atom. The van der Waals surface area contributed by atoms with Gasteiger partial charge in [0, 0.05) is 5.56 Å². The molecule has 0 saturated heterocycles. The van der Waals surface area contributed by atoms with E-state index in [0.29, 0.717) is 22.2 Å². The Hall–Kier alpha value is -2.94. The van der Waals surface area contributed by atoms with E-state index in [9.17, 15) is 13.2 Å². The molecule has 0 unspecified atom stereocenters. The largest absolute Gasteiger partial charge is 0.434 e. The third-order valence-electron chi connectivity index (χ3n) is 3.39. The second kappa shape index (κ2) is 5.36. The average molecular weight is 313 g/mol. The van der Waals surface area contributed by atoms with Gasteiger partial charge >= 0.3 is 6.18 Å². The minimum atomic E-state index is -4.56. The van der Waals surface area contributed by atoms with Gasteiger partial charge in [0.1, 0.15) is 0 Å². The molecule has 0 N–H and O–H groups in total. The Bertz CT molecular complexity index is 940. The van der Waals surface area contributed by atoms with E-state index in [1.807, 2.05) is 13.0 Å². The zero-order valence-corrected chi connectivity index (χ0v) is 12.0. The average Bonchev–Trinajstić information content (AvgIpc) is 2.52. The van der Waals surface area contributed by atoms with Gasteiger partial charge < -0.3 is 0 Å². The molecule has 0 aliphatic rings. The highest BCUT2D eigenvalue weighted by Gasteiger charge is 2.33. The first-order chi connectivity index (χ1) is 10.9. The van der Waals surface area contributed by atoms with Crippen molar-refractivity contribution in [3.05, 3.63) is 59.4 Å². The molecule has 3 rings (SSSR count). The molecule has 0 radical (unpaired) electrons. The zero-order chi connectivity index (χ0) is 16.6. The lowest BCUT2D eigenvalue weighted by atomic mass is 9.99. The molecule has 0 aliphatic carbocycles. The van der Waals surface area contributed by atoms with Crippen molar-refractivity contribution in [2.75, 3.05) is 0 Å². The molecule has 0 fully saturated rings. The molecule has 3 aromatic rings. The summed E-state index contributed by atoms with van der Waals surface area (Å²) in [5.41, 5.74) is 1.95. The van der Waals surface area contributed by atoms with Crippen LogP contribution in [0, 0.1) is 18.3 Å². The second-order valence-corrected chi connectivity index (χ2v) is 5.13. The van der Waals surface area contributed by atoms with Crippen LogP contribution in [0.1, 0.15) is 16.8 Å². The summed E-state index contributed by atoms with van der Waals surface area (Å²) in [4.78, 5) is 7.64. The minimum Gasteiger partial charge on any atom is -0.252 e. The molecule has 0 saturated carbocycles. The fourth-order valence-electron chi connectivity index (χ4n) is 2.37. The van der Waals surface area contributed by atoms with Crippen LogP contribution in [0.5, 0.6) is 0 Å². The van der Waals surface area contributed by atoms with Crippen molar-refractivity contribution in [3.63, 3.8) is 0 Å². The Morgan fingerprint density at radius 3 is 2.61 bits per heavy atom. The SMILES string of the molecule is Cc1cc(-c2cccc(C#N)c2)c2nc(C(F)(F)F)cnc2c1. The van der Waals surface area contributed by atoms with Gasteiger partial charge in [-0.3, -0.25) is 4.98 Å². The topological polar surface area (TPSA) is 49.6 Å². The number of alkyl halides is 3. The van der Waals surface area contributed by atoms with Gasteiger partial charge in [0.2, 0.25) is 0 Å². The maximum absolute atomic E-state index is 12.9. The summed E-state index contributed by atoms with van der Waals surface area (Å²) in [5.74, 6) is 0. The summed E-state index contributed by atoms with van der Waals surface area (Å²) < 4.78 is 38.7. The van der Waals surface area contributed by atoms with Crippen molar-refractivity contribution >= 4 is 11.0 Å². The molecule has 2 aromatic carbocycles. The van der Waals surface area contributed by atoms with Gasteiger partial charge in [-0.05, 0) is 42.3 Å². The van der Waals surface area contributed by atoms with E-state index < -0.39 is 11.9 Å². The van der Waals surface area contributed by atoms with Crippen LogP contribution in [0.2, 0.25) is 0 Å². The molecule has 0 spiro atoms. The van der Waals surface area contributed by atoms with Gasteiger partial charge in [0.05, 0.1) is 28.9 Å². The molecule has 0 amide bonds. The Balaban J connectivity index is 2.32. The van der Waals surface area contributed by atoms with Crippen LogP contribution >= 0.6 is 0 Å². The van der Waals surface area contributed by atoms with Crippen molar-refractivity contribution in [3.8, 4) is 17.2 Å². The van der Waals surface area contributed by atoms with Crippen molar-refractivity contribution < 1.29 is 13.2 Å². The quantitative estimate of drug-likeness (QED) is 0.665. The van der Waals surface area contributed by atoms with Crippen LogP contribution in [0.3, 0.4) is 0 Å². The number of aryl methyl sites for hydroxylation is 1. The molecule has 3 nitrogen and oxygen atoms in total. The molecule has 1 heterocycles. The number of hydrogen-bond donors (Lipinski definition) is 0. The number of nitrogens with zero attached hydrogens (tertiary/aromatic N) is 3. The summed E-state index contributed by atoms with van der Waals surface area (Å²) in [6.07, 6.45) is -3.82. The summed E-state index contributed by atoms with van der Waals surface area (Å²) in [6.45, 7) is 1.83. The predicted octanol–water partition coefficient (Wildman–Crippen LogP) is 4.50. The van der Waals surface area contributed by atoms with E-state index in [1.54, 1.807) is 36.4 Å². The lowest BCUT2D eigenvalue weighted by Gasteiger charge is -2.11. The molecule has 114 valence electrons. The molecular weight excluding hydrogens is 303 g/mol. The second-order valence-electron chi connectivity index (χ2n) is 5.13. The maximum atomic E-state index is 12.9. The molecule has 0 bridgehead atoms. The third kappa shape index (κ3) is 2.86. The number of hydrogen-bond acceptors (Lipinski definition) is 3. The fraction of sp³-hybridized carbons (Fsp3) is 0.118. The Morgan fingerprint density at radius 2 is 1.91 bits per heavy atom. The molecular formula is C17H10F3N3. The van der Waals surface area contributed by atoms with E-state index >= 15 is 0 Å². The van der Waals surface area contributed by atoms with Gasteiger partial charge in [0.25, 0.3) is 0 Å². The minimum absolute atomic E-state index is 0.167. The van der Waals surface area contributed by atoms with Gasteiger partial charge in [0.15, 0.2) is 5.69 Å². The summed E-state index contributed by atoms with van der Waals surface area (Å²) in [6, 6.07) is 12.1. The van der Waals surface area contributed by atoms with Crippen LogP contribution in [-0.4, -0.2) is 9.97 Å². The van der Waals surface area contributed by atoms with Crippen LogP contribution in [0.25, 0.3) is 22.2 Å². The summed E-state index contributed by atoms with van der Waals surface area (Å²) in [7, 11) is 0. The Labute approximate surface area is 130 Å². The molecule has 6 heteroatoms. The van der Waals surface area contributed by atoms with Crippen molar-refractivity contribution in [1.29, 1.82) is 5.26 Å². The number of halogens is 3. The standard InChI is InChI=1S/C17H10F3N3/c1-10-5-13(12-4-2-3-11(7-12)8-21)16-14(6-10)22-9-15(23-16)17(18,19)20/h2-7,9H,1H3. The van der Waals surface area contributed by atoms with Gasteiger partial charge in [-0.15, -0.1) is 0 Å². The predicted molar refractivity (Wildman–Crippen MR) is 79.4 cm³/mol. The first-order valence-electron chi connectivity index (χ1n) is 6.73. The van der Waals surface area contributed by atoms with Gasteiger partial charge in [-0.2, -0.15) is 18.4 Å². The first kappa shape index (κ1) is 15.0. The van der Waals surface area contributed by atoms with Crippen LogP contribution in [0.4, 0.5) is 13.2 Å². The maximum Gasteiger partial charge on any atom is 0.434 e. The summed E-state index contributed by atoms with van der Waals surface area (Å²) in [5, 5.41) is 9.00. The number of rotatable bonds is 1. The van der Waals surface area contributed by atoms with Gasteiger partial charge in [-0.25, -0.2) is 4.98 Å². The van der Waals surface area contributed by atoms with E-state index in [4.69, 9.17) is 5.26 Å². The first-order valence-corrected chi connectivity index (χ1v) is 6.73. The fourth-order valence-corrected chi connectivity index (χ4v) is 2.37. The third-order valence-corrected chi connectivity index (χ3v) is 3.39. The van der Waals surface area contributed by atoms with Gasteiger partial charge in [-0.1, -0.05) is 12.1 Å². The Kier molecular flexibility index (Phi) is 3.49. The molecule has 0 aliphatic heterocycles. The van der Waals surface area contributed by atoms with Crippen LogP contribution in [0.15, 0.2) is 42.6 Å². The molecule has 0 atom stereocenters. The van der Waals surface area contributed by atoms with Crippen molar-refractivity contribution in [1.82, 2.24) is 9.97 Å². The van der Waals surface area contributed by atoms with Crippen molar-refractivity contribution in [2.45, 2.75) is 13.1 Å². The number of fused-ring (bicyclic) bond motifs is 1. The van der Waals surface area contributed by atoms with E-state index in [1.165, 1.54) is 0 Å².